The molecule has 0 radical (unpaired) electrons. The van der Waals surface area contributed by atoms with Crippen molar-refractivity contribution in [3.8, 4) is 0 Å². The summed E-state index contributed by atoms with van der Waals surface area (Å²) in [6.07, 6.45) is 3.24. The van der Waals surface area contributed by atoms with Gasteiger partial charge in [-0.15, -0.1) is 11.3 Å². The van der Waals surface area contributed by atoms with Crippen LogP contribution in [0.3, 0.4) is 0 Å². The molecule has 23 heavy (non-hydrogen) atoms. The van der Waals surface area contributed by atoms with E-state index in [4.69, 9.17) is 0 Å². The van der Waals surface area contributed by atoms with Gasteiger partial charge in [-0.2, -0.15) is 0 Å². The minimum Gasteiger partial charge on any atom is -0.355 e. The van der Waals surface area contributed by atoms with Gasteiger partial charge in [-0.25, -0.2) is 0 Å². The SMILES string of the molecule is Cc1ccccc1CCNC(=O)CN1CCC[C@@H]1c1cccs1. The van der Waals surface area contributed by atoms with E-state index in [2.05, 4.69) is 58.9 Å². The number of likely N-dealkylation sites (tertiary alicyclic amines) is 1. The summed E-state index contributed by atoms with van der Waals surface area (Å²) in [5.74, 6) is 0.141. The molecule has 1 fully saturated rings. The number of carbonyl (C=O) groups is 1. The molecule has 1 atom stereocenters. The fraction of sp³-hybridized carbons (Fsp3) is 0.421. The number of aryl methyl sites for hydroxylation is 1. The Morgan fingerprint density at radius 2 is 2.17 bits per heavy atom. The Labute approximate surface area is 142 Å². The topological polar surface area (TPSA) is 32.3 Å². The van der Waals surface area contributed by atoms with Crippen LogP contribution in [-0.2, 0) is 11.2 Å². The highest BCUT2D eigenvalue weighted by Crippen LogP contribution is 2.33. The normalized spacial score (nSPS) is 18.2. The van der Waals surface area contributed by atoms with Crippen molar-refractivity contribution in [2.24, 2.45) is 0 Å². The lowest BCUT2D eigenvalue weighted by molar-refractivity contribution is -0.122. The Kier molecular flexibility index (Phi) is 5.47. The molecule has 1 amide bonds. The first-order valence-electron chi connectivity index (χ1n) is 8.32. The van der Waals surface area contributed by atoms with Crippen LogP contribution in [0.1, 0.15) is 34.9 Å². The van der Waals surface area contributed by atoms with E-state index in [1.807, 2.05) is 0 Å². The molecule has 3 nitrogen and oxygen atoms in total. The molecule has 3 rings (SSSR count). The summed E-state index contributed by atoms with van der Waals surface area (Å²) >= 11 is 1.79. The molecule has 0 unspecified atom stereocenters. The molecule has 1 N–H and O–H groups in total. The highest BCUT2D eigenvalue weighted by Gasteiger charge is 2.27. The van der Waals surface area contributed by atoms with Crippen LogP contribution in [0.4, 0.5) is 0 Å². The summed E-state index contributed by atoms with van der Waals surface area (Å²) in [6.45, 7) is 4.36. The molecule has 122 valence electrons. The lowest BCUT2D eigenvalue weighted by Gasteiger charge is -2.22. The first-order valence-corrected chi connectivity index (χ1v) is 9.20. The summed E-state index contributed by atoms with van der Waals surface area (Å²) in [4.78, 5) is 15.9. The molecular weight excluding hydrogens is 304 g/mol. The van der Waals surface area contributed by atoms with Crippen LogP contribution in [0.2, 0.25) is 0 Å². The van der Waals surface area contributed by atoms with Crippen LogP contribution in [0, 0.1) is 6.92 Å². The van der Waals surface area contributed by atoms with Gasteiger partial charge in [0.15, 0.2) is 0 Å². The Hall–Kier alpha value is -1.65. The largest absolute Gasteiger partial charge is 0.355 e. The second-order valence-corrected chi connectivity index (χ2v) is 7.15. The van der Waals surface area contributed by atoms with Gasteiger partial charge in [-0.1, -0.05) is 30.3 Å². The van der Waals surface area contributed by atoms with Crippen molar-refractivity contribution in [1.82, 2.24) is 10.2 Å². The minimum absolute atomic E-state index is 0.141. The van der Waals surface area contributed by atoms with Crippen molar-refractivity contribution in [1.29, 1.82) is 0 Å². The molecule has 2 heterocycles. The fourth-order valence-corrected chi connectivity index (χ4v) is 4.18. The third kappa shape index (κ3) is 4.21. The van der Waals surface area contributed by atoms with Gasteiger partial charge in [0.25, 0.3) is 0 Å². The highest BCUT2D eigenvalue weighted by molar-refractivity contribution is 7.10. The van der Waals surface area contributed by atoms with Crippen molar-refractivity contribution in [2.45, 2.75) is 32.2 Å². The van der Waals surface area contributed by atoms with Gasteiger partial charge in [-0.3, -0.25) is 9.69 Å². The van der Waals surface area contributed by atoms with Gasteiger partial charge in [0.05, 0.1) is 6.54 Å². The molecule has 0 spiro atoms. The number of nitrogens with zero attached hydrogens (tertiary/aromatic N) is 1. The Bertz CT molecular complexity index is 639. The molecule has 1 saturated heterocycles. The molecule has 1 aliphatic rings. The maximum Gasteiger partial charge on any atom is 0.234 e. The summed E-state index contributed by atoms with van der Waals surface area (Å²) in [5, 5.41) is 5.19. The predicted octanol–water partition coefficient (Wildman–Crippen LogP) is 3.55. The molecule has 1 aromatic heterocycles. The maximum atomic E-state index is 12.2. The van der Waals surface area contributed by atoms with Crippen molar-refractivity contribution in [3.63, 3.8) is 0 Å². The van der Waals surface area contributed by atoms with Gasteiger partial charge < -0.3 is 5.32 Å². The van der Waals surface area contributed by atoms with E-state index in [9.17, 15) is 4.79 Å². The molecule has 0 aliphatic carbocycles. The summed E-state index contributed by atoms with van der Waals surface area (Å²) in [5.41, 5.74) is 2.60. The third-order valence-corrected chi connectivity index (χ3v) is 5.53. The molecule has 1 aromatic carbocycles. The van der Waals surface area contributed by atoms with Gasteiger partial charge in [0.2, 0.25) is 5.91 Å². The van der Waals surface area contributed by atoms with E-state index >= 15 is 0 Å². The van der Waals surface area contributed by atoms with Crippen molar-refractivity contribution < 1.29 is 4.79 Å². The number of nitrogens with one attached hydrogen (secondary N) is 1. The number of hydrogen-bond donors (Lipinski definition) is 1. The maximum absolute atomic E-state index is 12.2. The van der Waals surface area contributed by atoms with E-state index in [-0.39, 0.29) is 5.91 Å². The number of rotatable bonds is 6. The number of carbonyl (C=O) groups excluding carboxylic acids is 1. The molecule has 0 bridgehead atoms. The standard InChI is InChI=1S/C19H24N2OS/c1-15-6-2-3-7-16(15)10-11-20-19(22)14-21-12-4-8-17(21)18-9-5-13-23-18/h2-3,5-7,9,13,17H,4,8,10-12,14H2,1H3,(H,20,22)/t17-/m1/s1. The van der Waals surface area contributed by atoms with Crippen molar-refractivity contribution >= 4 is 17.2 Å². The Morgan fingerprint density at radius 3 is 2.96 bits per heavy atom. The van der Waals surface area contributed by atoms with Crippen LogP contribution in [0.5, 0.6) is 0 Å². The Balaban J connectivity index is 1.47. The number of amides is 1. The zero-order valence-corrected chi connectivity index (χ0v) is 14.4. The van der Waals surface area contributed by atoms with Crippen molar-refractivity contribution in [3.05, 3.63) is 57.8 Å². The van der Waals surface area contributed by atoms with Crippen molar-refractivity contribution in [2.75, 3.05) is 19.6 Å². The average molecular weight is 328 g/mol. The third-order valence-electron chi connectivity index (χ3n) is 4.56. The van der Waals surface area contributed by atoms with Gasteiger partial charge in [0.1, 0.15) is 0 Å². The highest BCUT2D eigenvalue weighted by atomic mass is 32.1. The second-order valence-electron chi connectivity index (χ2n) is 6.17. The van der Waals surface area contributed by atoms with E-state index in [1.54, 1.807) is 11.3 Å². The average Bonchev–Trinajstić information content (AvgIpc) is 3.20. The Morgan fingerprint density at radius 1 is 1.30 bits per heavy atom. The zero-order chi connectivity index (χ0) is 16.1. The second kappa shape index (κ2) is 7.75. The number of hydrogen-bond acceptors (Lipinski definition) is 3. The molecular formula is C19H24N2OS. The summed E-state index contributed by atoms with van der Waals surface area (Å²) < 4.78 is 0. The zero-order valence-electron chi connectivity index (χ0n) is 13.6. The summed E-state index contributed by atoms with van der Waals surface area (Å²) in [7, 11) is 0. The smallest absolute Gasteiger partial charge is 0.234 e. The fourth-order valence-electron chi connectivity index (χ4n) is 3.29. The van der Waals surface area contributed by atoms with Crippen LogP contribution >= 0.6 is 11.3 Å². The molecule has 4 heteroatoms. The van der Waals surface area contributed by atoms with Gasteiger partial charge >= 0.3 is 0 Å². The van der Waals surface area contributed by atoms with E-state index < -0.39 is 0 Å². The van der Waals surface area contributed by atoms with Gasteiger partial charge in [-0.05, 0) is 55.3 Å². The number of thiophene rings is 1. The molecule has 0 saturated carbocycles. The van der Waals surface area contributed by atoms with Crippen LogP contribution < -0.4 is 5.32 Å². The van der Waals surface area contributed by atoms with Crippen LogP contribution in [-0.4, -0.2) is 30.4 Å². The predicted molar refractivity (Wildman–Crippen MR) is 95.8 cm³/mol. The minimum atomic E-state index is 0.141. The first-order chi connectivity index (χ1) is 11.2. The van der Waals surface area contributed by atoms with Crippen LogP contribution in [0.15, 0.2) is 41.8 Å². The monoisotopic (exact) mass is 328 g/mol. The van der Waals surface area contributed by atoms with E-state index in [1.165, 1.54) is 22.4 Å². The van der Waals surface area contributed by atoms with E-state index in [0.29, 0.717) is 19.1 Å². The number of benzene rings is 1. The first kappa shape index (κ1) is 16.2. The van der Waals surface area contributed by atoms with Crippen LogP contribution in [0.25, 0.3) is 0 Å². The molecule has 1 aliphatic heterocycles. The van der Waals surface area contributed by atoms with Gasteiger partial charge in [0, 0.05) is 17.5 Å². The van der Waals surface area contributed by atoms with E-state index in [0.717, 1.165) is 19.4 Å². The quantitative estimate of drug-likeness (QED) is 0.879. The summed E-state index contributed by atoms with van der Waals surface area (Å²) in [6, 6.07) is 13.1. The molecule has 2 aromatic rings. The lowest BCUT2D eigenvalue weighted by Crippen LogP contribution is -2.37. The lowest BCUT2D eigenvalue weighted by atomic mass is 10.1.